The van der Waals surface area contributed by atoms with Crippen molar-refractivity contribution in [1.29, 1.82) is 0 Å². The van der Waals surface area contributed by atoms with Crippen molar-refractivity contribution in [2.75, 3.05) is 19.7 Å². The summed E-state index contributed by atoms with van der Waals surface area (Å²) in [6.45, 7) is 4.46. The molecule has 0 aromatic carbocycles. The summed E-state index contributed by atoms with van der Waals surface area (Å²) in [6, 6.07) is 0. The van der Waals surface area contributed by atoms with Crippen LogP contribution in [0.15, 0.2) is 6.33 Å². The SMILES string of the molecule is Cc1[nH]cnc1CN1CCC[C@](O)(CO)CC1. The van der Waals surface area contributed by atoms with Crippen LogP contribution in [-0.4, -0.2) is 50.4 Å². The average molecular weight is 239 g/mol. The third-order valence-corrected chi connectivity index (χ3v) is 3.61. The molecule has 1 aromatic heterocycles. The number of aromatic nitrogens is 2. The monoisotopic (exact) mass is 239 g/mol. The van der Waals surface area contributed by atoms with E-state index in [1.807, 2.05) is 6.92 Å². The van der Waals surface area contributed by atoms with Crippen LogP contribution in [0.3, 0.4) is 0 Å². The van der Waals surface area contributed by atoms with Gasteiger partial charge in [0.25, 0.3) is 0 Å². The van der Waals surface area contributed by atoms with Crippen molar-refractivity contribution >= 4 is 0 Å². The molecule has 5 heteroatoms. The van der Waals surface area contributed by atoms with Gasteiger partial charge in [0.1, 0.15) is 0 Å². The van der Waals surface area contributed by atoms with Gasteiger partial charge in [-0.15, -0.1) is 0 Å². The molecule has 1 fully saturated rings. The Morgan fingerprint density at radius 2 is 2.29 bits per heavy atom. The zero-order chi connectivity index (χ0) is 12.3. The molecular formula is C12H21N3O2. The Bertz CT molecular complexity index is 366. The predicted octanol–water partition coefficient (Wildman–Crippen LogP) is 0.427. The lowest BCUT2D eigenvalue weighted by Gasteiger charge is -2.24. The van der Waals surface area contributed by atoms with E-state index < -0.39 is 5.60 Å². The van der Waals surface area contributed by atoms with Gasteiger partial charge in [-0.25, -0.2) is 4.98 Å². The van der Waals surface area contributed by atoms with Crippen LogP contribution in [0.5, 0.6) is 0 Å². The van der Waals surface area contributed by atoms with Crippen molar-refractivity contribution in [3.05, 3.63) is 17.7 Å². The predicted molar refractivity (Wildman–Crippen MR) is 64.5 cm³/mol. The summed E-state index contributed by atoms with van der Waals surface area (Å²) in [5.41, 5.74) is 1.29. The average Bonchev–Trinajstić information content (AvgIpc) is 2.61. The van der Waals surface area contributed by atoms with E-state index in [9.17, 15) is 10.2 Å². The lowest BCUT2D eigenvalue weighted by Crippen LogP contribution is -2.34. The van der Waals surface area contributed by atoms with Gasteiger partial charge >= 0.3 is 0 Å². The minimum atomic E-state index is -0.880. The van der Waals surface area contributed by atoms with Crippen molar-refractivity contribution < 1.29 is 10.2 Å². The molecule has 0 saturated carbocycles. The van der Waals surface area contributed by atoms with Gasteiger partial charge in [0, 0.05) is 18.8 Å². The number of aliphatic hydroxyl groups excluding tert-OH is 1. The van der Waals surface area contributed by atoms with Gasteiger partial charge in [-0.1, -0.05) is 0 Å². The molecule has 2 rings (SSSR count). The van der Waals surface area contributed by atoms with Crippen molar-refractivity contribution in [3.8, 4) is 0 Å². The summed E-state index contributed by atoms with van der Waals surface area (Å²) in [4.78, 5) is 9.65. The third-order valence-electron chi connectivity index (χ3n) is 3.61. The molecule has 1 saturated heterocycles. The number of hydrogen-bond donors (Lipinski definition) is 3. The second kappa shape index (κ2) is 5.16. The smallest absolute Gasteiger partial charge is 0.0925 e. The molecular weight excluding hydrogens is 218 g/mol. The number of H-pyrrole nitrogens is 1. The lowest BCUT2D eigenvalue weighted by molar-refractivity contribution is -0.0255. The van der Waals surface area contributed by atoms with Crippen molar-refractivity contribution in [2.45, 2.75) is 38.3 Å². The van der Waals surface area contributed by atoms with Crippen molar-refractivity contribution in [3.63, 3.8) is 0 Å². The lowest BCUT2D eigenvalue weighted by atomic mass is 9.96. The number of nitrogens with zero attached hydrogens (tertiary/aromatic N) is 2. The number of aromatic amines is 1. The molecule has 0 bridgehead atoms. The standard InChI is InChI=1S/C12H21N3O2/c1-10-11(14-9-13-10)7-15-5-2-3-12(17,8-16)4-6-15/h9,16-17H,2-8H2,1H3,(H,13,14)/t12-/m1/s1. The van der Waals surface area contributed by atoms with Crippen LogP contribution in [0.1, 0.15) is 30.7 Å². The Morgan fingerprint density at radius 3 is 2.94 bits per heavy atom. The Hall–Kier alpha value is -0.910. The van der Waals surface area contributed by atoms with E-state index in [0.29, 0.717) is 12.8 Å². The molecule has 0 amide bonds. The second-order valence-corrected chi connectivity index (χ2v) is 4.99. The number of aryl methyl sites for hydroxylation is 1. The number of rotatable bonds is 3. The van der Waals surface area contributed by atoms with E-state index in [1.165, 1.54) is 0 Å². The van der Waals surface area contributed by atoms with Gasteiger partial charge in [-0.2, -0.15) is 0 Å². The van der Waals surface area contributed by atoms with Crippen molar-refractivity contribution in [1.82, 2.24) is 14.9 Å². The highest BCUT2D eigenvalue weighted by Gasteiger charge is 2.29. The minimum Gasteiger partial charge on any atom is -0.393 e. The van der Waals surface area contributed by atoms with E-state index in [4.69, 9.17) is 0 Å². The fourth-order valence-corrected chi connectivity index (χ4v) is 2.31. The fourth-order valence-electron chi connectivity index (χ4n) is 2.31. The third kappa shape index (κ3) is 3.06. The van der Waals surface area contributed by atoms with Crippen LogP contribution in [0.25, 0.3) is 0 Å². The quantitative estimate of drug-likeness (QED) is 0.715. The van der Waals surface area contributed by atoms with Gasteiger partial charge < -0.3 is 15.2 Å². The molecule has 96 valence electrons. The van der Waals surface area contributed by atoms with Crippen LogP contribution in [-0.2, 0) is 6.54 Å². The molecule has 1 aromatic rings. The Kier molecular flexibility index (Phi) is 3.81. The Morgan fingerprint density at radius 1 is 1.47 bits per heavy atom. The zero-order valence-electron chi connectivity index (χ0n) is 10.3. The van der Waals surface area contributed by atoms with E-state index in [-0.39, 0.29) is 6.61 Å². The minimum absolute atomic E-state index is 0.137. The molecule has 0 spiro atoms. The van der Waals surface area contributed by atoms with Crippen molar-refractivity contribution in [2.24, 2.45) is 0 Å². The molecule has 1 aliphatic heterocycles. The van der Waals surface area contributed by atoms with Gasteiger partial charge in [0.05, 0.1) is 24.2 Å². The molecule has 1 aliphatic rings. The first-order chi connectivity index (χ1) is 8.13. The maximum Gasteiger partial charge on any atom is 0.0925 e. The fraction of sp³-hybridized carbons (Fsp3) is 0.750. The topological polar surface area (TPSA) is 72.4 Å². The van der Waals surface area contributed by atoms with Crippen LogP contribution in [0, 0.1) is 6.92 Å². The molecule has 17 heavy (non-hydrogen) atoms. The van der Waals surface area contributed by atoms with Crippen LogP contribution < -0.4 is 0 Å². The van der Waals surface area contributed by atoms with Crippen LogP contribution >= 0.6 is 0 Å². The molecule has 0 aliphatic carbocycles. The normalized spacial score (nSPS) is 27.0. The molecule has 3 N–H and O–H groups in total. The molecule has 0 radical (unpaired) electrons. The first-order valence-corrected chi connectivity index (χ1v) is 6.17. The molecule has 5 nitrogen and oxygen atoms in total. The van der Waals surface area contributed by atoms with Crippen LogP contribution in [0.4, 0.5) is 0 Å². The van der Waals surface area contributed by atoms with Gasteiger partial charge in [0.15, 0.2) is 0 Å². The summed E-state index contributed by atoms with van der Waals surface area (Å²) in [6.07, 6.45) is 3.94. The van der Waals surface area contributed by atoms with Crippen LogP contribution in [0.2, 0.25) is 0 Å². The highest BCUT2D eigenvalue weighted by atomic mass is 16.3. The molecule has 1 atom stereocenters. The van der Waals surface area contributed by atoms with Gasteiger partial charge in [-0.3, -0.25) is 4.90 Å². The Balaban J connectivity index is 1.93. The number of hydrogen-bond acceptors (Lipinski definition) is 4. The maximum atomic E-state index is 10.1. The summed E-state index contributed by atoms with van der Waals surface area (Å²) < 4.78 is 0. The van der Waals surface area contributed by atoms with Gasteiger partial charge in [-0.05, 0) is 32.7 Å². The Labute approximate surface area is 101 Å². The summed E-state index contributed by atoms with van der Waals surface area (Å²) in [5.74, 6) is 0. The first kappa shape index (κ1) is 12.5. The number of likely N-dealkylation sites (tertiary alicyclic amines) is 1. The van der Waals surface area contributed by atoms with Gasteiger partial charge in [0.2, 0.25) is 0 Å². The summed E-state index contributed by atoms with van der Waals surface area (Å²) >= 11 is 0. The highest BCUT2D eigenvalue weighted by Crippen LogP contribution is 2.22. The largest absolute Gasteiger partial charge is 0.393 e. The maximum absolute atomic E-state index is 10.1. The highest BCUT2D eigenvalue weighted by molar-refractivity contribution is 5.08. The number of imidazole rings is 1. The molecule has 0 unspecified atom stereocenters. The number of aliphatic hydroxyl groups is 2. The second-order valence-electron chi connectivity index (χ2n) is 4.99. The molecule has 2 heterocycles. The summed E-state index contributed by atoms with van der Waals surface area (Å²) in [5, 5.41) is 19.2. The van der Waals surface area contributed by atoms with E-state index in [1.54, 1.807) is 6.33 Å². The number of nitrogens with one attached hydrogen (secondary N) is 1. The first-order valence-electron chi connectivity index (χ1n) is 6.17. The van der Waals surface area contributed by atoms with E-state index in [0.717, 1.165) is 37.4 Å². The zero-order valence-corrected chi connectivity index (χ0v) is 10.3. The van der Waals surface area contributed by atoms with E-state index >= 15 is 0 Å². The van der Waals surface area contributed by atoms with E-state index in [2.05, 4.69) is 14.9 Å². The summed E-state index contributed by atoms with van der Waals surface area (Å²) in [7, 11) is 0.